The van der Waals surface area contributed by atoms with Gasteiger partial charge in [-0.3, -0.25) is 4.79 Å². The smallest absolute Gasteiger partial charge is 0.302 e. The minimum Gasteiger partial charge on any atom is -0.462 e. The molecule has 16 heavy (non-hydrogen) atoms. The fourth-order valence-corrected chi connectivity index (χ4v) is 2.18. The van der Waals surface area contributed by atoms with E-state index in [2.05, 4.69) is 6.58 Å². The van der Waals surface area contributed by atoms with Crippen LogP contribution < -0.4 is 0 Å². The van der Waals surface area contributed by atoms with Gasteiger partial charge in [0.2, 0.25) is 0 Å². The summed E-state index contributed by atoms with van der Waals surface area (Å²) < 4.78 is 10.4. The summed E-state index contributed by atoms with van der Waals surface area (Å²) in [6, 6.07) is 0. The lowest BCUT2D eigenvalue weighted by Crippen LogP contribution is -2.18. The van der Waals surface area contributed by atoms with Crippen molar-refractivity contribution < 1.29 is 13.7 Å². The summed E-state index contributed by atoms with van der Waals surface area (Å²) in [6.07, 6.45) is 7.05. The quantitative estimate of drug-likeness (QED) is 0.561. The molecule has 3 nitrogen and oxygen atoms in total. The number of hydrogen-bond acceptors (Lipinski definition) is 4. The predicted octanol–water partition coefficient (Wildman–Crippen LogP) is 2.88. The van der Waals surface area contributed by atoms with E-state index in [1.54, 1.807) is 0 Å². The van der Waals surface area contributed by atoms with Crippen molar-refractivity contribution in [1.29, 1.82) is 0 Å². The molecule has 1 atom stereocenters. The maximum Gasteiger partial charge on any atom is 0.302 e. The van der Waals surface area contributed by atoms with E-state index in [4.69, 9.17) is 8.92 Å². The Balaban J connectivity index is 2.52. The SMILES string of the molecule is C=C1/C(=C/COC(C)=O)CCC[C@@H]1OSC. The average Bonchev–Trinajstić information content (AvgIpc) is 2.23. The van der Waals surface area contributed by atoms with Crippen LogP contribution in [0, 0.1) is 0 Å². The second-order valence-corrected chi connectivity index (χ2v) is 4.23. The molecule has 4 heteroatoms. The lowest BCUT2D eigenvalue weighted by molar-refractivity contribution is -0.139. The first-order chi connectivity index (χ1) is 7.65. The van der Waals surface area contributed by atoms with Crippen molar-refractivity contribution in [1.82, 2.24) is 0 Å². The zero-order valence-electron chi connectivity index (χ0n) is 9.82. The van der Waals surface area contributed by atoms with Gasteiger partial charge in [-0.2, -0.15) is 0 Å². The van der Waals surface area contributed by atoms with Crippen LogP contribution >= 0.6 is 12.0 Å². The van der Waals surface area contributed by atoms with Gasteiger partial charge in [-0.05, 0) is 48.5 Å². The minimum absolute atomic E-state index is 0.104. The number of carbonyl (C=O) groups excluding carboxylic acids is 1. The highest BCUT2D eigenvalue weighted by atomic mass is 32.2. The van der Waals surface area contributed by atoms with Gasteiger partial charge in [0.15, 0.2) is 0 Å². The standard InChI is InChI=1S/C12H18O3S/c1-9-11(7-8-14-10(2)13)5-4-6-12(9)15-16-3/h7,12H,1,4-6,8H2,2-3H3/b11-7+/t12-/m0/s1. The Labute approximate surface area is 101 Å². The van der Waals surface area contributed by atoms with Gasteiger partial charge in [0.05, 0.1) is 6.10 Å². The molecule has 1 fully saturated rings. The molecular weight excluding hydrogens is 224 g/mol. The summed E-state index contributed by atoms with van der Waals surface area (Å²) in [5.74, 6) is -0.254. The second kappa shape index (κ2) is 6.76. The Morgan fingerprint density at radius 2 is 2.44 bits per heavy atom. The molecule has 1 saturated carbocycles. The van der Waals surface area contributed by atoms with Gasteiger partial charge in [-0.15, -0.1) is 0 Å². The summed E-state index contributed by atoms with van der Waals surface area (Å²) in [4.78, 5) is 10.6. The molecule has 0 heterocycles. The molecular formula is C12H18O3S. The number of hydrogen-bond donors (Lipinski definition) is 0. The summed E-state index contributed by atoms with van der Waals surface area (Å²) in [6.45, 7) is 5.79. The van der Waals surface area contributed by atoms with Crippen LogP contribution in [-0.4, -0.2) is 24.9 Å². The predicted molar refractivity (Wildman–Crippen MR) is 66.1 cm³/mol. The fraction of sp³-hybridized carbons (Fsp3) is 0.583. The van der Waals surface area contributed by atoms with Crippen LogP contribution in [0.3, 0.4) is 0 Å². The molecule has 90 valence electrons. The zero-order chi connectivity index (χ0) is 12.0. The van der Waals surface area contributed by atoms with Crippen molar-refractivity contribution in [2.24, 2.45) is 0 Å². The van der Waals surface area contributed by atoms with Gasteiger partial charge < -0.3 is 8.92 Å². The van der Waals surface area contributed by atoms with Crippen LogP contribution in [0.2, 0.25) is 0 Å². The van der Waals surface area contributed by atoms with E-state index in [1.165, 1.54) is 19.0 Å². The van der Waals surface area contributed by atoms with Crippen molar-refractivity contribution in [2.45, 2.75) is 32.3 Å². The van der Waals surface area contributed by atoms with Crippen LogP contribution in [0.1, 0.15) is 26.2 Å². The first-order valence-electron chi connectivity index (χ1n) is 5.36. The first-order valence-corrected chi connectivity index (χ1v) is 6.51. The van der Waals surface area contributed by atoms with E-state index in [9.17, 15) is 4.79 Å². The van der Waals surface area contributed by atoms with Gasteiger partial charge in [0, 0.05) is 13.2 Å². The summed E-state index contributed by atoms with van der Waals surface area (Å²) in [5, 5.41) is 0. The monoisotopic (exact) mass is 242 g/mol. The number of ether oxygens (including phenoxy) is 1. The van der Waals surface area contributed by atoms with Gasteiger partial charge in [0.25, 0.3) is 0 Å². The highest BCUT2D eigenvalue weighted by Crippen LogP contribution is 2.31. The number of carbonyl (C=O) groups is 1. The van der Waals surface area contributed by atoms with Crippen molar-refractivity contribution >= 4 is 18.0 Å². The van der Waals surface area contributed by atoms with Crippen LogP contribution in [0.4, 0.5) is 0 Å². The molecule has 0 amide bonds. The second-order valence-electron chi connectivity index (χ2n) is 3.70. The van der Waals surface area contributed by atoms with Gasteiger partial charge in [-0.25, -0.2) is 0 Å². The molecule has 0 bridgehead atoms. The third-order valence-electron chi connectivity index (χ3n) is 2.54. The average molecular weight is 242 g/mol. The highest BCUT2D eigenvalue weighted by Gasteiger charge is 2.21. The third-order valence-corrected chi connectivity index (χ3v) is 2.97. The first kappa shape index (κ1) is 13.3. The molecule has 0 saturated heterocycles. The lowest BCUT2D eigenvalue weighted by atomic mass is 9.88. The van der Waals surface area contributed by atoms with Crippen LogP contribution in [-0.2, 0) is 13.7 Å². The molecule has 0 aliphatic heterocycles. The molecule has 0 radical (unpaired) electrons. The van der Waals surface area contributed by atoms with E-state index in [1.807, 2.05) is 12.3 Å². The Bertz CT molecular complexity index is 295. The Kier molecular flexibility index (Phi) is 5.63. The molecule has 1 rings (SSSR count). The maximum absolute atomic E-state index is 10.6. The van der Waals surface area contributed by atoms with Crippen molar-refractivity contribution in [2.75, 3.05) is 12.9 Å². The molecule has 0 aromatic carbocycles. The van der Waals surface area contributed by atoms with E-state index in [-0.39, 0.29) is 12.1 Å². The van der Waals surface area contributed by atoms with Gasteiger partial charge in [0.1, 0.15) is 6.61 Å². The summed E-state index contributed by atoms with van der Waals surface area (Å²) in [5.41, 5.74) is 2.18. The van der Waals surface area contributed by atoms with Gasteiger partial charge in [-0.1, -0.05) is 6.58 Å². The van der Waals surface area contributed by atoms with Crippen molar-refractivity contribution in [3.63, 3.8) is 0 Å². The molecule has 1 aliphatic carbocycles. The zero-order valence-corrected chi connectivity index (χ0v) is 10.6. The van der Waals surface area contributed by atoms with E-state index < -0.39 is 0 Å². The third kappa shape index (κ3) is 4.02. The Morgan fingerprint density at radius 3 is 3.06 bits per heavy atom. The number of rotatable bonds is 4. The van der Waals surface area contributed by atoms with E-state index in [0.29, 0.717) is 6.61 Å². The Morgan fingerprint density at radius 1 is 1.69 bits per heavy atom. The van der Waals surface area contributed by atoms with Crippen LogP contribution in [0.5, 0.6) is 0 Å². The highest BCUT2D eigenvalue weighted by molar-refractivity contribution is 7.93. The topological polar surface area (TPSA) is 35.5 Å². The lowest BCUT2D eigenvalue weighted by Gasteiger charge is -2.25. The molecule has 0 unspecified atom stereocenters. The maximum atomic E-state index is 10.6. The molecule has 0 spiro atoms. The molecule has 1 aliphatic rings. The van der Waals surface area contributed by atoms with Crippen LogP contribution in [0.15, 0.2) is 23.8 Å². The van der Waals surface area contributed by atoms with Gasteiger partial charge >= 0.3 is 5.97 Å². The van der Waals surface area contributed by atoms with Crippen molar-refractivity contribution in [3.8, 4) is 0 Å². The van der Waals surface area contributed by atoms with E-state index in [0.717, 1.165) is 30.4 Å². The van der Waals surface area contributed by atoms with E-state index >= 15 is 0 Å². The molecule has 0 N–H and O–H groups in total. The summed E-state index contributed by atoms with van der Waals surface area (Å²) >= 11 is 1.37. The van der Waals surface area contributed by atoms with Crippen molar-refractivity contribution in [3.05, 3.63) is 23.8 Å². The summed E-state index contributed by atoms with van der Waals surface area (Å²) in [7, 11) is 0. The fourth-order valence-electron chi connectivity index (χ4n) is 1.73. The number of esters is 1. The molecule has 0 aromatic heterocycles. The largest absolute Gasteiger partial charge is 0.462 e. The molecule has 0 aromatic rings. The normalized spacial score (nSPS) is 23.5. The minimum atomic E-state index is -0.254. The van der Waals surface area contributed by atoms with Crippen LogP contribution in [0.25, 0.3) is 0 Å². The Hall–Kier alpha value is -0.740.